The molecule has 1 aromatic carbocycles. The van der Waals surface area contributed by atoms with Gasteiger partial charge < -0.3 is 5.32 Å². The highest BCUT2D eigenvalue weighted by Crippen LogP contribution is 2.32. The molecule has 0 saturated heterocycles. The molecule has 0 bridgehead atoms. The Labute approximate surface area is 140 Å². The van der Waals surface area contributed by atoms with E-state index >= 15 is 0 Å². The van der Waals surface area contributed by atoms with Crippen LogP contribution in [0.15, 0.2) is 24.5 Å². The van der Waals surface area contributed by atoms with Crippen molar-refractivity contribution in [3.05, 3.63) is 45.8 Å². The summed E-state index contributed by atoms with van der Waals surface area (Å²) >= 11 is 0. The molecule has 0 amide bonds. The van der Waals surface area contributed by atoms with Crippen LogP contribution in [0.4, 0.5) is 23.0 Å². The third kappa shape index (κ3) is 4.39. The van der Waals surface area contributed by atoms with Crippen molar-refractivity contribution >= 4 is 23.0 Å². The fraction of sp³-hybridized carbons (Fsp3) is 0.375. The Morgan fingerprint density at radius 1 is 1.12 bits per heavy atom. The fourth-order valence-corrected chi connectivity index (χ4v) is 1.98. The molecule has 0 saturated carbocycles. The van der Waals surface area contributed by atoms with Crippen molar-refractivity contribution in [2.75, 3.05) is 10.7 Å². The van der Waals surface area contributed by atoms with Crippen LogP contribution in [0.3, 0.4) is 0 Å². The lowest BCUT2D eigenvalue weighted by atomic mass is 10.1. The van der Waals surface area contributed by atoms with Gasteiger partial charge in [-0.15, -0.1) is 0 Å². The van der Waals surface area contributed by atoms with Gasteiger partial charge in [0.2, 0.25) is 11.6 Å². The predicted octanol–water partition coefficient (Wildman–Crippen LogP) is 3.46. The van der Waals surface area contributed by atoms with Gasteiger partial charge in [0.15, 0.2) is 0 Å². The second kappa shape index (κ2) is 6.79. The number of hydrogen-bond donors (Lipinski definition) is 3. The van der Waals surface area contributed by atoms with Crippen LogP contribution in [-0.4, -0.2) is 20.4 Å². The van der Waals surface area contributed by atoms with E-state index in [0.29, 0.717) is 0 Å². The van der Waals surface area contributed by atoms with Crippen LogP contribution in [0, 0.1) is 24.0 Å². The number of nitro groups is 1. The number of nitrogens with zero attached hydrogens (tertiary/aromatic N) is 3. The monoisotopic (exact) mass is 330 g/mol. The summed E-state index contributed by atoms with van der Waals surface area (Å²) < 4.78 is 0. The van der Waals surface area contributed by atoms with Gasteiger partial charge in [-0.3, -0.25) is 15.5 Å². The minimum Gasteiger partial charge on any atom is -0.334 e. The van der Waals surface area contributed by atoms with Gasteiger partial charge in [-0.2, -0.15) is 0 Å². The molecule has 0 aliphatic rings. The highest BCUT2D eigenvalue weighted by atomic mass is 16.6. The van der Waals surface area contributed by atoms with E-state index in [1.807, 2.05) is 52.8 Å². The van der Waals surface area contributed by atoms with E-state index in [1.165, 1.54) is 6.33 Å². The van der Waals surface area contributed by atoms with E-state index in [9.17, 15) is 10.1 Å². The number of anilines is 3. The number of aryl methyl sites for hydroxylation is 2. The van der Waals surface area contributed by atoms with E-state index in [4.69, 9.17) is 0 Å². The maximum absolute atomic E-state index is 11.5. The molecule has 2 rings (SSSR count). The predicted molar refractivity (Wildman–Crippen MR) is 94.4 cm³/mol. The smallest absolute Gasteiger partial charge is 0.334 e. The molecule has 2 aromatic rings. The molecule has 1 heterocycles. The Kier molecular flexibility index (Phi) is 4.99. The van der Waals surface area contributed by atoms with Crippen molar-refractivity contribution in [2.45, 2.75) is 40.2 Å². The Balaban J connectivity index is 2.39. The summed E-state index contributed by atoms with van der Waals surface area (Å²) in [7, 11) is 0. The van der Waals surface area contributed by atoms with Gasteiger partial charge in [0.25, 0.3) is 0 Å². The third-order valence-electron chi connectivity index (χ3n) is 3.21. The van der Waals surface area contributed by atoms with Gasteiger partial charge in [-0.05, 0) is 51.8 Å². The second-order valence-electron chi connectivity index (χ2n) is 6.62. The zero-order valence-electron chi connectivity index (χ0n) is 14.5. The fourth-order valence-electron chi connectivity index (χ4n) is 1.98. The molecule has 0 aliphatic carbocycles. The number of rotatable bonds is 5. The molecule has 0 unspecified atom stereocenters. The maximum atomic E-state index is 11.5. The van der Waals surface area contributed by atoms with E-state index < -0.39 is 4.92 Å². The van der Waals surface area contributed by atoms with Gasteiger partial charge in [0.1, 0.15) is 6.33 Å². The highest BCUT2D eigenvalue weighted by molar-refractivity contribution is 5.74. The van der Waals surface area contributed by atoms with Crippen LogP contribution in [0.1, 0.15) is 31.9 Å². The van der Waals surface area contributed by atoms with E-state index in [-0.39, 0.29) is 22.9 Å². The first-order valence-electron chi connectivity index (χ1n) is 7.54. The highest BCUT2D eigenvalue weighted by Gasteiger charge is 2.24. The lowest BCUT2D eigenvalue weighted by Gasteiger charge is -2.21. The third-order valence-corrected chi connectivity index (χ3v) is 3.21. The Morgan fingerprint density at radius 3 is 2.42 bits per heavy atom. The molecule has 8 heteroatoms. The van der Waals surface area contributed by atoms with Crippen LogP contribution in [0.25, 0.3) is 0 Å². The first kappa shape index (κ1) is 17.6. The normalized spacial score (nSPS) is 11.2. The largest absolute Gasteiger partial charge is 0.354 e. The zero-order valence-corrected chi connectivity index (χ0v) is 14.5. The van der Waals surface area contributed by atoms with E-state index in [0.717, 1.165) is 16.8 Å². The maximum Gasteiger partial charge on any atom is 0.354 e. The molecule has 0 spiro atoms. The first-order chi connectivity index (χ1) is 11.2. The summed E-state index contributed by atoms with van der Waals surface area (Å²) in [6.45, 7) is 9.68. The first-order valence-corrected chi connectivity index (χ1v) is 7.54. The van der Waals surface area contributed by atoms with Crippen LogP contribution in [0.2, 0.25) is 0 Å². The Hall–Kier alpha value is -2.74. The number of benzene rings is 1. The average molecular weight is 330 g/mol. The SMILES string of the molecule is Cc1ccc(C)c(Nc2ncnc(NNC(C)(C)C)c2[N+](=O)[O-])c1. The van der Waals surface area contributed by atoms with Gasteiger partial charge in [-0.25, -0.2) is 15.4 Å². The van der Waals surface area contributed by atoms with Gasteiger partial charge in [0, 0.05) is 11.2 Å². The average Bonchev–Trinajstić information content (AvgIpc) is 2.48. The van der Waals surface area contributed by atoms with Crippen LogP contribution in [-0.2, 0) is 0 Å². The second-order valence-corrected chi connectivity index (χ2v) is 6.62. The quantitative estimate of drug-likeness (QED) is 0.569. The molecule has 3 N–H and O–H groups in total. The molecule has 0 aliphatic heterocycles. The topological polar surface area (TPSA) is 105 Å². The Morgan fingerprint density at radius 2 is 1.79 bits per heavy atom. The molecule has 128 valence electrons. The number of nitrogens with one attached hydrogen (secondary N) is 3. The van der Waals surface area contributed by atoms with Crippen molar-refractivity contribution in [1.29, 1.82) is 0 Å². The van der Waals surface area contributed by atoms with Crippen molar-refractivity contribution in [3.8, 4) is 0 Å². The summed E-state index contributed by atoms with van der Waals surface area (Å²) in [6, 6.07) is 5.85. The molecule has 8 nitrogen and oxygen atoms in total. The summed E-state index contributed by atoms with van der Waals surface area (Å²) in [5, 5.41) is 14.6. The molecule has 1 aromatic heterocycles. The minimum atomic E-state index is -0.500. The van der Waals surface area contributed by atoms with E-state index in [2.05, 4.69) is 26.1 Å². The van der Waals surface area contributed by atoms with Crippen LogP contribution in [0.5, 0.6) is 0 Å². The standard InChI is InChI=1S/C16H22N6O2/c1-10-6-7-11(2)12(8-10)19-14-13(22(23)24)15(18-9-17-14)20-21-16(3,4)5/h6-9,21H,1-5H3,(H2,17,18,19,20). The molecular formula is C16H22N6O2. The van der Waals surface area contributed by atoms with Crippen LogP contribution < -0.4 is 16.2 Å². The minimum absolute atomic E-state index is 0.109. The molecule has 0 radical (unpaired) electrons. The van der Waals surface area contributed by atoms with Crippen molar-refractivity contribution in [2.24, 2.45) is 0 Å². The molecular weight excluding hydrogens is 308 g/mol. The van der Waals surface area contributed by atoms with Crippen molar-refractivity contribution in [1.82, 2.24) is 15.4 Å². The summed E-state index contributed by atoms with van der Waals surface area (Å²) in [4.78, 5) is 19.0. The molecule has 0 atom stereocenters. The lowest BCUT2D eigenvalue weighted by Crippen LogP contribution is -2.40. The summed E-state index contributed by atoms with van der Waals surface area (Å²) in [5.41, 5.74) is 8.07. The van der Waals surface area contributed by atoms with Crippen LogP contribution >= 0.6 is 0 Å². The number of hydrogen-bond acceptors (Lipinski definition) is 7. The molecule has 0 fully saturated rings. The summed E-state index contributed by atoms with van der Waals surface area (Å²) in [5.74, 6) is 0.250. The van der Waals surface area contributed by atoms with Gasteiger partial charge >= 0.3 is 5.69 Å². The number of aromatic nitrogens is 2. The molecule has 24 heavy (non-hydrogen) atoms. The van der Waals surface area contributed by atoms with E-state index in [1.54, 1.807) is 0 Å². The number of hydrazine groups is 1. The van der Waals surface area contributed by atoms with Gasteiger partial charge in [0.05, 0.1) is 4.92 Å². The lowest BCUT2D eigenvalue weighted by molar-refractivity contribution is -0.383. The summed E-state index contributed by atoms with van der Waals surface area (Å²) in [6.07, 6.45) is 1.28. The Bertz CT molecular complexity index is 755. The van der Waals surface area contributed by atoms with Gasteiger partial charge in [-0.1, -0.05) is 12.1 Å². The van der Waals surface area contributed by atoms with Crippen molar-refractivity contribution in [3.63, 3.8) is 0 Å². The van der Waals surface area contributed by atoms with Crippen molar-refractivity contribution < 1.29 is 4.92 Å². The zero-order chi connectivity index (χ0) is 17.9.